The molecule has 0 bridgehead atoms. The van der Waals surface area contributed by atoms with Crippen molar-refractivity contribution in [1.82, 2.24) is 4.90 Å². The van der Waals surface area contributed by atoms with E-state index in [4.69, 9.17) is 16.2 Å². The van der Waals surface area contributed by atoms with E-state index in [0.717, 1.165) is 30.6 Å². The van der Waals surface area contributed by atoms with Gasteiger partial charge in [0.05, 0.1) is 5.57 Å². The van der Waals surface area contributed by atoms with Gasteiger partial charge in [0.2, 0.25) is 0 Å². The summed E-state index contributed by atoms with van der Waals surface area (Å²) >= 11 is 0. The van der Waals surface area contributed by atoms with Crippen LogP contribution in [0.25, 0.3) is 5.57 Å². The van der Waals surface area contributed by atoms with Crippen LogP contribution in [0.2, 0.25) is 0 Å². The molecule has 1 unspecified atom stereocenters. The van der Waals surface area contributed by atoms with Gasteiger partial charge in [-0.1, -0.05) is 57.2 Å². The fourth-order valence-electron chi connectivity index (χ4n) is 3.30. The molecule has 29 heavy (non-hydrogen) atoms. The van der Waals surface area contributed by atoms with Crippen LogP contribution in [-0.4, -0.2) is 23.9 Å². The van der Waals surface area contributed by atoms with E-state index in [0.29, 0.717) is 17.1 Å². The summed E-state index contributed by atoms with van der Waals surface area (Å²) in [6.07, 6.45) is 2.94. The molecule has 0 aliphatic carbocycles. The summed E-state index contributed by atoms with van der Waals surface area (Å²) in [5, 5.41) is 0. The molecule has 0 spiro atoms. The van der Waals surface area contributed by atoms with E-state index in [1.54, 1.807) is 0 Å². The Morgan fingerprint density at radius 2 is 1.62 bits per heavy atom. The number of ether oxygens (including phenoxy) is 1. The summed E-state index contributed by atoms with van der Waals surface area (Å²) in [7, 11) is 1.90. The Kier molecular flexibility index (Phi) is 7.89. The van der Waals surface area contributed by atoms with E-state index < -0.39 is 5.91 Å². The molecule has 5 nitrogen and oxygen atoms in total. The Balaban J connectivity index is 2.27. The first-order valence-electron chi connectivity index (χ1n) is 9.94. The predicted molar refractivity (Wildman–Crippen MR) is 119 cm³/mol. The van der Waals surface area contributed by atoms with Gasteiger partial charge >= 0.3 is 0 Å². The molecule has 0 aliphatic heterocycles. The average molecular weight is 394 g/mol. The van der Waals surface area contributed by atoms with Crippen molar-refractivity contribution < 1.29 is 9.53 Å². The summed E-state index contributed by atoms with van der Waals surface area (Å²) in [5.41, 5.74) is 13.5. The first kappa shape index (κ1) is 22.1. The van der Waals surface area contributed by atoms with Crippen LogP contribution in [0.5, 0.6) is 11.5 Å². The Morgan fingerprint density at radius 3 is 2.14 bits per heavy atom. The van der Waals surface area contributed by atoms with Gasteiger partial charge in [0, 0.05) is 13.1 Å². The van der Waals surface area contributed by atoms with Gasteiger partial charge in [-0.15, -0.1) is 0 Å². The van der Waals surface area contributed by atoms with Crippen LogP contribution in [0.4, 0.5) is 0 Å². The monoisotopic (exact) mass is 393 g/mol. The number of nitrogens with zero attached hydrogens (tertiary/aromatic N) is 1. The Bertz CT molecular complexity index is 857. The Labute approximate surface area is 173 Å². The third-order valence-electron chi connectivity index (χ3n) is 5.01. The predicted octanol–water partition coefficient (Wildman–Crippen LogP) is 4.66. The van der Waals surface area contributed by atoms with Crippen molar-refractivity contribution in [2.75, 3.05) is 7.05 Å². The molecule has 1 atom stereocenters. The second-order valence-corrected chi connectivity index (χ2v) is 7.00. The van der Waals surface area contributed by atoms with Gasteiger partial charge in [-0.2, -0.15) is 0 Å². The van der Waals surface area contributed by atoms with E-state index in [-0.39, 0.29) is 11.6 Å². The van der Waals surface area contributed by atoms with Crippen molar-refractivity contribution >= 4 is 11.5 Å². The highest BCUT2D eigenvalue weighted by atomic mass is 16.5. The fraction of sp³-hybridized carbons (Fsp3) is 0.292. The molecule has 0 heterocycles. The van der Waals surface area contributed by atoms with Crippen LogP contribution in [0.3, 0.4) is 0 Å². The van der Waals surface area contributed by atoms with E-state index in [9.17, 15) is 4.79 Å². The molecule has 2 aromatic rings. The van der Waals surface area contributed by atoms with Gasteiger partial charge in [-0.25, -0.2) is 0 Å². The summed E-state index contributed by atoms with van der Waals surface area (Å²) in [5.74, 6) is 1.21. The zero-order valence-electron chi connectivity index (χ0n) is 17.5. The van der Waals surface area contributed by atoms with Gasteiger partial charge in [0.15, 0.2) is 0 Å². The lowest BCUT2D eigenvalue weighted by molar-refractivity contribution is -0.114. The molecule has 0 saturated heterocycles. The lowest BCUT2D eigenvalue weighted by Gasteiger charge is -2.30. The van der Waals surface area contributed by atoms with Gasteiger partial charge in [0.1, 0.15) is 17.3 Å². The lowest BCUT2D eigenvalue weighted by Crippen LogP contribution is -2.37. The molecule has 0 aromatic heterocycles. The second-order valence-electron chi connectivity index (χ2n) is 7.00. The SMILES string of the molecule is C=C(C(C(N)=O)=C(N)N(C)C(CC)CCC)c1ccc(Oc2ccccc2)cc1. The van der Waals surface area contributed by atoms with Crippen LogP contribution in [0, 0.1) is 0 Å². The number of primary amides is 1. The summed E-state index contributed by atoms with van der Waals surface area (Å²) in [6.45, 7) is 8.32. The van der Waals surface area contributed by atoms with Gasteiger partial charge in [0.25, 0.3) is 5.91 Å². The molecule has 4 N–H and O–H groups in total. The average Bonchev–Trinajstić information content (AvgIpc) is 2.72. The molecular weight excluding hydrogens is 362 g/mol. The van der Waals surface area contributed by atoms with E-state index >= 15 is 0 Å². The fourth-order valence-corrected chi connectivity index (χ4v) is 3.30. The third kappa shape index (κ3) is 5.64. The Morgan fingerprint density at radius 1 is 1.03 bits per heavy atom. The van der Waals surface area contributed by atoms with Crippen molar-refractivity contribution in [2.24, 2.45) is 11.5 Å². The normalized spacial score (nSPS) is 12.7. The number of rotatable bonds is 10. The van der Waals surface area contributed by atoms with Gasteiger partial charge in [-0.3, -0.25) is 4.79 Å². The number of para-hydroxylation sites is 1. The van der Waals surface area contributed by atoms with E-state index in [1.807, 2.05) is 66.5 Å². The highest BCUT2D eigenvalue weighted by Gasteiger charge is 2.22. The molecule has 0 fully saturated rings. The summed E-state index contributed by atoms with van der Waals surface area (Å²) in [6, 6.07) is 17.1. The minimum Gasteiger partial charge on any atom is -0.457 e. The number of hydrogen-bond donors (Lipinski definition) is 2. The maximum atomic E-state index is 12.2. The van der Waals surface area contributed by atoms with Gasteiger partial charge in [-0.05, 0) is 48.2 Å². The van der Waals surface area contributed by atoms with Crippen molar-refractivity contribution in [3.63, 3.8) is 0 Å². The number of hydrogen-bond acceptors (Lipinski definition) is 4. The smallest absolute Gasteiger partial charge is 0.252 e. The largest absolute Gasteiger partial charge is 0.457 e. The van der Waals surface area contributed by atoms with Crippen molar-refractivity contribution in [2.45, 2.75) is 39.2 Å². The van der Waals surface area contributed by atoms with E-state index in [2.05, 4.69) is 20.4 Å². The highest BCUT2D eigenvalue weighted by Crippen LogP contribution is 2.28. The maximum Gasteiger partial charge on any atom is 0.252 e. The molecule has 154 valence electrons. The third-order valence-corrected chi connectivity index (χ3v) is 5.01. The number of nitrogens with two attached hydrogens (primary N) is 2. The van der Waals surface area contributed by atoms with Gasteiger partial charge < -0.3 is 21.1 Å². The Hall–Kier alpha value is -3.21. The van der Waals surface area contributed by atoms with Crippen LogP contribution in [0.15, 0.2) is 72.6 Å². The number of amides is 1. The molecular formula is C24H31N3O2. The topological polar surface area (TPSA) is 81.6 Å². The van der Waals surface area contributed by atoms with E-state index in [1.165, 1.54) is 0 Å². The molecule has 2 rings (SSSR count). The molecule has 0 radical (unpaired) electrons. The standard InChI is InChI=1S/C24H31N3O2/c1-5-10-19(6-2)27(4)23(25)22(24(26)28)17(3)18-13-15-21(16-14-18)29-20-11-8-7-9-12-20/h7-9,11-16,19H,3,5-6,10,25H2,1-2,4H3,(H2,26,28). The number of carbonyl (C=O) groups excluding carboxylic acids is 1. The molecule has 1 amide bonds. The number of carbonyl (C=O) groups is 1. The molecule has 2 aromatic carbocycles. The quantitative estimate of drug-likeness (QED) is 0.454. The molecule has 0 aliphatic rings. The minimum absolute atomic E-state index is 0.240. The van der Waals surface area contributed by atoms with Crippen LogP contribution in [0.1, 0.15) is 38.7 Å². The zero-order valence-corrected chi connectivity index (χ0v) is 17.5. The molecule has 0 saturated carbocycles. The van der Waals surface area contributed by atoms with Crippen LogP contribution < -0.4 is 16.2 Å². The lowest BCUT2D eigenvalue weighted by atomic mass is 9.97. The summed E-state index contributed by atoms with van der Waals surface area (Å²) in [4.78, 5) is 14.1. The minimum atomic E-state index is -0.588. The first-order valence-corrected chi connectivity index (χ1v) is 9.94. The van der Waals surface area contributed by atoms with Crippen molar-refractivity contribution in [1.29, 1.82) is 0 Å². The first-order chi connectivity index (χ1) is 13.9. The van der Waals surface area contributed by atoms with Crippen LogP contribution >= 0.6 is 0 Å². The zero-order chi connectivity index (χ0) is 21.4. The van der Waals surface area contributed by atoms with Crippen molar-refractivity contribution in [3.8, 4) is 11.5 Å². The van der Waals surface area contributed by atoms with Crippen molar-refractivity contribution in [3.05, 3.63) is 78.1 Å². The second kappa shape index (κ2) is 10.4. The highest BCUT2D eigenvalue weighted by molar-refractivity contribution is 6.08. The molecule has 5 heteroatoms. The maximum absolute atomic E-state index is 12.2. The number of benzene rings is 2. The summed E-state index contributed by atoms with van der Waals surface area (Å²) < 4.78 is 5.81. The van der Waals surface area contributed by atoms with Crippen LogP contribution in [-0.2, 0) is 4.79 Å².